The predicted molar refractivity (Wildman–Crippen MR) is 90.4 cm³/mol. The molecule has 1 aliphatic rings. The lowest BCUT2D eigenvalue weighted by atomic mass is 9.95. The summed E-state index contributed by atoms with van der Waals surface area (Å²) in [7, 11) is 0. The molecule has 2 amide bonds. The van der Waals surface area contributed by atoms with E-state index in [0.717, 1.165) is 24.1 Å². The zero-order chi connectivity index (χ0) is 17.1. The molecule has 0 aliphatic carbocycles. The molecule has 0 spiro atoms. The summed E-state index contributed by atoms with van der Waals surface area (Å²) in [6, 6.07) is 11.7. The second-order valence-electron chi connectivity index (χ2n) is 5.91. The fourth-order valence-electron chi connectivity index (χ4n) is 3.19. The second-order valence-corrected chi connectivity index (χ2v) is 5.91. The quantitative estimate of drug-likeness (QED) is 0.939. The standard InChI is InChI=1S/C19H19FN2O2/c20-16-8-2-1-5-13(16)10-11-18(23)22-12-4-7-14-15(19(21)24)6-3-9-17(14)22/h1-3,5-6,8-9H,4,7,10-12H2,(H2,21,24). The minimum Gasteiger partial charge on any atom is -0.366 e. The lowest BCUT2D eigenvalue weighted by Crippen LogP contribution is -2.36. The molecule has 0 radical (unpaired) electrons. The van der Waals surface area contributed by atoms with E-state index in [1.807, 2.05) is 6.07 Å². The van der Waals surface area contributed by atoms with Gasteiger partial charge in [-0.1, -0.05) is 24.3 Å². The summed E-state index contributed by atoms with van der Waals surface area (Å²) < 4.78 is 13.7. The molecular weight excluding hydrogens is 307 g/mol. The van der Waals surface area contributed by atoms with Crippen LogP contribution >= 0.6 is 0 Å². The molecule has 5 heteroatoms. The van der Waals surface area contributed by atoms with Gasteiger partial charge in [-0.2, -0.15) is 0 Å². The molecule has 0 saturated heterocycles. The highest BCUT2D eigenvalue weighted by atomic mass is 19.1. The topological polar surface area (TPSA) is 63.4 Å². The molecule has 2 N–H and O–H groups in total. The van der Waals surface area contributed by atoms with Gasteiger partial charge >= 0.3 is 0 Å². The number of rotatable bonds is 4. The minimum absolute atomic E-state index is 0.0687. The van der Waals surface area contributed by atoms with E-state index < -0.39 is 5.91 Å². The highest BCUT2D eigenvalue weighted by Gasteiger charge is 2.25. The van der Waals surface area contributed by atoms with Crippen LogP contribution in [0.1, 0.15) is 34.3 Å². The van der Waals surface area contributed by atoms with E-state index in [1.165, 1.54) is 6.07 Å². The molecule has 1 aliphatic heterocycles. The second kappa shape index (κ2) is 6.83. The first-order valence-electron chi connectivity index (χ1n) is 8.03. The Morgan fingerprint density at radius 3 is 2.67 bits per heavy atom. The number of carbonyl (C=O) groups is 2. The van der Waals surface area contributed by atoms with Gasteiger partial charge in [-0.25, -0.2) is 4.39 Å². The third kappa shape index (κ3) is 3.15. The fraction of sp³-hybridized carbons (Fsp3) is 0.263. The number of hydrogen-bond donors (Lipinski definition) is 1. The van der Waals surface area contributed by atoms with Gasteiger partial charge in [-0.15, -0.1) is 0 Å². The van der Waals surface area contributed by atoms with E-state index >= 15 is 0 Å². The molecule has 0 saturated carbocycles. The average Bonchev–Trinajstić information content (AvgIpc) is 2.59. The first-order chi connectivity index (χ1) is 11.6. The van der Waals surface area contributed by atoms with E-state index in [2.05, 4.69) is 0 Å². The number of aryl methyl sites for hydroxylation is 1. The highest BCUT2D eigenvalue weighted by Crippen LogP contribution is 2.30. The maximum atomic E-state index is 13.7. The van der Waals surface area contributed by atoms with Gasteiger partial charge in [0.2, 0.25) is 11.8 Å². The summed E-state index contributed by atoms with van der Waals surface area (Å²) in [5, 5.41) is 0. The largest absolute Gasteiger partial charge is 0.366 e. The highest BCUT2D eigenvalue weighted by molar-refractivity contribution is 6.00. The Bertz CT molecular complexity index is 789. The number of nitrogens with zero attached hydrogens (tertiary/aromatic N) is 1. The van der Waals surface area contributed by atoms with Crippen molar-refractivity contribution in [2.24, 2.45) is 5.73 Å². The number of nitrogens with two attached hydrogens (primary N) is 1. The first-order valence-corrected chi connectivity index (χ1v) is 8.03. The van der Waals surface area contributed by atoms with Crippen LogP contribution in [0.3, 0.4) is 0 Å². The molecule has 3 rings (SSSR count). The molecule has 2 aromatic carbocycles. The zero-order valence-corrected chi connectivity index (χ0v) is 13.3. The van der Waals surface area contributed by atoms with Gasteiger partial charge in [0.25, 0.3) is 0 Å². The van der Waals surface area contributed by atoms with Crippen LogP contribution in [-0.4, -0.2) is 18.4 Å². The molecule has 1 heterocycles. The van der Waals surface area contributed by atoms with Gasteiger partial charge < -0.3 is 10.6 Å². The van der Waals surface area contributed by atoms with Crippen LogP contribution in [0.5, 0.6) is 0 Å². The Balaban J connectivity index is 1.79. The fourth-order valence-corrected chi connectivity index (χ4v) is 3.19. The Morgan fingerprint density at radius 1 is 1.12 bits per heavy atom. The molecule has 124 valence electrons. The summed E-state index contributed by atoms with van der Waals surface area (Å²) in [5.74, 6) is -0.839. The van der Waals surface area contributed by atoms with E-state index in [1.54, 1.807) is 35.2 Å². The van der Waals surface area contributed by atoms with Crippen molar-refractivity contribution >= 4 is 17.5 Å². The molecule has 24 heavy (non-hydrogen) atoms. The SMILES string of the molecule is NC(=O)c1cccc2c1CCCN2C(=O)CCc1ccccc1F. The third-order valence-corrected chi connectivity index (χ3v) is 4.38. The van der Waals surface area contributed by atoms with Gasteiger partial charge in [0.1, 0.15) is 5.82 Å². The Kier molecular flexibility index (Phi) is 4.60. The van der Waals surface area contributed by atoms with E-state index in [9.17, 15) is 14.0 Å². The summed E-state index contributed by atoms with van der Waals surface area (Å²) in [4.78, 5) is 25.9. The summed E-state index contributed by atoms with van der Waals surface area (Å²) in [5.41, 5.74) is 8.01. The van der Waals surface area contributed by atoms with Crippen molar-refractivity contribution in [2.45, 2.75) is 25.7 Å². The normalized spacial score (nSPS) is 13.5. The zero-order valence-electron chi connectivity index (χ0n) is 13.3. The molecule has 0 aromatic heterocycles. The maximum absolute atomic E-state index is 13.7. The minimum atomic E-state index is -0.479. The van der Waals surface area contributed by atoms with Crippen molar-refractivity contribution in [1.82, 2.24) is 0 Å². The summed E-state index contributed by atoms with van der Waals surface area (Å²) in [6.07, 6.45) is 2.09. The van der Waals surface area contributed by atoms with Crippen LogP contribution in [0.2, 0.25) is 0 Å². The van der Waals surface area contributed by atoms with E-state index in [-0.39, 0.29) is 18.1 Å². The monoisotopic (exact) mass is 326 g/mol. The van der Waals surface area contributed by atoms with Crippen LogP contribution in [0.25, 0.3) is 0 Å². The average molecular weight is 326 g/mol. The van der Waals surface area contributed by atoms with Crippen LogP contribution < -0.4 is 10.6 Å². The molecule has 0 atom stereocenters. The number of fused-ring (bicyclic) bond motifs is 1. The Morgan fingerprint density at radius 2 is 1.92 bits per heavy atom. The number of benzene rings is 2. The van der Waals surface area contributed by atoms with Gasteiger partial charge in [0.15, 0.2) is 0 Å². The molecule has 0 bridgehead atoms. The lowest BCUT2D eigenvalue weighted by Gasteiger charge is -2.30. The van der Waals surface area contributed by atoms with Crippen molar-refractivity contribution < 1.29 is 14.0 Å². The molecular formula is C19H19FN2O2. The number of amides is 2. The number of primary amides is 1. The van der Waals surface area contributed by atoms with Crippen molar-refractivity contribution in [3.05, 3.63) is 65.0 Å². The molecule has 0 unspecified atom stereocenters. The van der Waals surface area contributed by atoms with E-state index in [4.69, 9.17) is 5.73 Å². The van der Waals surface area contributed by atoms with E-state index in [0.29, 0.717) is 24.1 Å². The van der Waals surface area contributed by atoms with Gasteiger partial charge in [0, 0.05) is 24.2 Å². The molecule has 4 nitrogen and oxygen atoms in total. The lowest BCUT2D eigenvalue weighted by molar-refractivity contribution is -0.118. The number of halogens is 1. The van der Waals surface area contributed by atoms with Crippen LogP contribution in [-0.2, 0) is 17.6 Å². The van der Waals surface area contributed by atoms with Crippen molar-refractivity contribution in [3.63, 3.8) is 0 Å². The van der Waals surface area contributed by atoms with Gasteiger partial charge in [-0.3, -0.25) is 9.59 Å². The number of carbonyl (C=O) groups excluding carboxylic acids is 2. The first kappa shape index (κ1) is 16.2. The number of anilines is 1. The maximum Gasteiger partial charge on any atom is 0.249 e. The van der Waals surface area contributed by atoms with Crippen LogP contribution in [0.4, 0.5) is 10.1 Å². The van der Waals surface area contributed by atoms with Crippen LogP contribution in [0, 0.1) is 5.82 Å². The Hall–Kier alpha value is -2.69. The van der Waals surface area contributed by atoms with Crippen molar-refractivity contribution in [2.75, 3.05) is 11.4 Å². The van der Waals surface area contributed by atoms with Crippen molar-refractivity contribution in [1.29, 1.82) is 0 Å². The molecule has 0 fully saturated rings. The number of hydrogen-bond acceptors (Lipinski definition) is 2. The predicted octanol–water partition coefficient (Wildman–Crippen LogP) is 2.84. The third-order valence-electron chi connectivity index (χ3n) is 4.38. The Labute approximate surface area is 140 Å². The van der Waals surface area contributed by atoms with Crippen LogP contribution in [0.15, 0.2) is 42.5 Å². The van der Waals surface area contributed by atoms with Gasteiger partial charge in [-0.05, 0) is 48.6 Å². The van der Waals surface area contributed by atoms with Crippen molar-refractivity contribution in [3.8, 4) is 0 Å². The summed E-state index contributed by atoms with van der Waals surface area (Å²) >= 11 is 0. The smallest absolute Gasteiger partial charge is 0.249 e. The summed E-state index contributed by atoms with van der Waals surface area (Å²) in [6.45, 7) is 0.603. The van der Waals surface area contributed by atoms with Gasteiger partial charge in [0.05, 0.1) is 0 Å². The molecule has 2 aromatic rings.